The van der Waals surface area contributed by atoms with E-state index in [1.165, 1.54) is 23.9 Å². The van der Waals surface area contributed by atoms with Gasteiger partial charge in [0.25, 0.3) is 0 Å². The van der Waals surface area contributed by atoms with E-state index in [1.54, 1.807) is 10.7 Å². The van der Waals surface area contributed by atoms with Crippen molar-refractivity contribution in [2.24, 2.45) is 0 Å². The number of tetrazole rings is 1. The van der Waals surface area contributed by atoms with Crippen LogP contribution in [0.1, 0.15) is 24.4 Å². The Balaban J connectivity index is 1.59. The number of nitrogens with one attached hydrogen (secondary N) is 1. The first-order valence-electron chi connectivity index (χ1n) is 6.60. The van der Waals surface area contributed by atoms with E-state index >= 15 is 0 Å². The first kappa shape index (κ1) is 14.0. The van der Waals surface area contributed by atoms with Gasteiger partial charge in [0, 0.05) is 5.69 Å². The number of thioether (sulfide) groups is 1. The average molecular weight is 307 g/mol. The van der Waals surface area contributed by atoms with Gasteiger partial charge in [-0.05, 0) is 47.9 Å². The van der Waals surface area contributed by atoms with Gasteiger partial charge in [-0.15, -0.1) is 5.10 Å². The molecule has 3 rings (SSSR count). The summed E-state index contributed by atoms with van der Waals surface area (Å²) in [6.45, 7) is 1.82. The van der Waals surface area contributed by atoms with Crippen molar-refractivity contribution in [2.75, 3.05) is 11.1 Å². The Morgan fingerprint density at radius 1 is 1.52 bits per heavy atom. The van der Waals surface area contributed by atoms with Crippen LogP contribution < -0.4 is 5.32 Å². The fourth-order valence-corrected chi connectivity index (χ4v) is 2.62. The Labute approximate surface area is 125 Å². The molecule has 0 unspecified atom stereocenters. The molecule has 110 valence electrons. The lowest BCUT2D eigenvalue weighted by molar-refractivity contribution is -0.113. The van der Waals surface area contributed by atoms with E-state index in [4.69, 9.17) is 0 Å². The number of benzene rings is 1. The summed E-state index contributed by atoms with van der Waals surface area (Å²) in [4.78, 5) is 11.9. The van der Waals surface area contributed by atoms with E-state index in [0.717, 1.165) is 18.4 Å². The first-order valence-corrected chi connectivity index (χ1v) is 7.59. The van der Waals surface area contributed by atoms with Crippen LogP contribution >= 0.6 is 11.8 Å². The molecule has 2 aromatic rings. The SMILES string of the molecule is Cc1ccc(F)cc1NC(=O)CSc1nnnn1C1CC1. The molecule has 0 atom stereocenters. The molecule has 1 aliphatic rings. The summed E-state index contributed by atoms with van der Waals surface area (Å²) < 4.78 is 14.9. The lowest BCUT2D eigenvalue weighted by atomic mass is 10.2. The second kappa shape index (κ2) is 5.80. The fraction of sp³-hybridized carbons (Fsp3) is 0.385. The zero-order valence-electron chi connectivity index (χ0n) is 11.4. The van der Waals surface area contributed by atoms with Gasteiger partial charge >= 0.3 is 0 Å². The topological polar surface area (TPSA) is 72.7 Å². The van der Waals surface area contributed by atoms with E-state index in [1.807, 2.05) is 6.92 Å². The number of hydrogen-bond acceptors (Lipinski definition) is 5. The van der Waals surface area contributed by atoms with Crippen LogP contribution in [0.4, 0.5) is 10.1 Å². The van der Waals surface area contributed by atoms with Crippen molar-refractivity contribution < 1.29 is 9.18 Å². The Kier molecular flexibility index (Phi) is 3.87. The summed E-state index contributed by atoms with van der Waals surface area (Å²) in [5, 5.41) is 14.8. The van der Waals surface area contributed by atoms with Crippen LogP contribution in [-0.4, -0.2) is 31.9 Å². The van der Waals surface area contributed by atoms with Crippen LogP contribution in [0.15, 0.2) is 23.4 Å². The Bertz CT molecular complexity index is 670. The number of rotatable bonds is 5. The van der Waals surface area contributed by atoms with Gasteiger partial charge in [0.05, 0.1) is 11.8 Å². The van der Waals surface area contributed by atoms with Crippen LogP contribution in [0.25, 0.3) is 0 Å². The van der Waals surface area contributed by atoms with Gasteiger partial charge in [0.15, 0.2) is 0 Å². The molecule has 1 heterocycles. The van der Waals surface area contributed by atoms with Crippen molar-refractivity contribution in [3.05, 3.63) is 29.6 Å². The van der Waals surface area contributed by atoms with E-state index in [-0.39, 0.29) is 17.5 Å². The summed E-state index contributed by atoms with van der Waals surface area (Å²) in [5.41, 5.74) is 1.31. The number of aromatic nitrogens is 4. The maximum Gasteiger partial charge on any atom is 0.234 e. The minimum atomic E-state index is -0.374. The summed E-state index contributed by atoms with van der Waals surface area (Å²) in [7, 11) is 0. The number of anilines is 1. The third kappa shape index (κ3) is 3.38. The highest BCUT2D eigenvalue weighted by Gasteiger charge is 2.28. The molecule has 0 bridgehead atoms. The molecule has 6 nitrogen and oxygen atoms in total. The molecule has 8 heteroatoms. The van der Waals surface area contributed by atoms with E-state index in [9.17, 15) is 9.18 Å². The number of nitrogens with zero attached hydrogens (tertiary/aromatic N) is 4. The fourth-order valence-electron chi connectivity index (χ4n) is 1.87. The molecule has 1 saturated carbocycles. The lowest BCUT2D eigenvalue weighted by Crippen LogP contribution is -2.15. The molecule has 1 aliphatic carbocycles. The van der Waals surface area contributed by atoms with Crippen LogP contribution in [0.5, 0.6) is 0 Å². The largest absolute Gasteiger partial charge is 0.325 e. The molecule has 0 radical (unpaired) electrons. The molecule has 1 N–H and O–H groups in total. The summed E-state index contributed by atoms with van der Waals surface area (Å²) in [5.74, 6) is -0.399. The summed E-state index contributed by atoms with van der Waals surface area (Å²) >= 11 is 1.28. The lowest BCUT2D eigenvalue weighted by Gasteiger charge is -2.08. The van der Waals surface area contributed by atoms with Gasteiger partial charge in [0.1, 0.15) is 5.82 Å². The summed E-state index contributed by atoms with van der Waals surface area (Å²) in [6, 6.07) is 4.68. The average Bonchev–Trinajstić information content (AvgIpc) is 3.19. The van der Waals surface area contributed by atoms with Gasteiger partial charge in [-0.3, -0.25) is 4.79 Å². The zero-order valence-corrected chi connectivity index (χ0v) is 12.2. The highest BCUT2D eigenvalue weighted by molar-refractivity contribution is 7.99. The Hall–Kier alpha value is -1.96. The highest BCUT2D eigenvalue weighted by Crippen LogP contribution is 2.36. The Morgan fingerprint density at radius 3 is 3.10 bits per heavy atom. The molecular formula is C13H14FN5OS. The predicted octanol–water partition coefficient (Wildman–Crippen LogP) is 2.19. The van der Waals surface area contributed by atoms with Crippen molar-refractivity contribution in [3.63, 3.8) is 0 Å². The third-order valence-electron chi connectivity index (χ3n) is 3.16. The van der Waals surface area contributed by atoms with Crippen LogP contribution in [0, 0.1) is 12.7 Å². The second-order valence-corrected chi connectivity index (χ2v) is 5.88. The number of hydrogen-bond donors (Lipinski definition) is 1. The molecule has 1 aromatic carbocycles. The Morgan fingerprint density at radius 2 is 2.33 bits per heavy atom. The molecule has 1 fully saturated rings. The zero-order chi connectivity index (χ0) is 14.8. The number of carbonyl (C=O) groups excluding carboxylic acids is 1. The van der Waals surface area contributed by atoms with Crippen molar-refractivity contribution in [1.29, 1.82) is 0 Å². The smallest absolute Gasteiger partial charge is 0.234 e. The predicted molar refractivity (Wildman–Crippen MR) is 76.6 cm³/mol. The van der Waals surface area contributed by atoms with Crippen molar-refractivity contribution in [2.45, 2.75) is 31.0 Å². The number of aryl methyl sites for hydroxylation is 1. The van der Waals surface area contributed by atoms with Gasteiger partial charge < -0.3 is 5.32 Å². The quantitative estimate of drug-likeness (QED) is 0.857. The standard InChI is InChI=1S/C13H14FN5OS/c1-8-2-3-9(14)6-11(8)15-12(20)7-21-13-16-17-18-19(13)10-4-5-10/h2-3,6,10H,4-5,7H2,1H3,(H,15,20). The number of amides is 1. The molecule has 0 spiro atoms. The minimum absolute atomic E-state index is 0.184. The van der Waals surface area contributed by atoms with Gasteiger partial charge in [-0.25, -0.2) is 9.07 Å². The second-order valence-electron chi connectivity index (χ2n) is 4.93. The molecule has 1 amide bonds. The normalized spacial score (nSPS) is 14.2. The number of carbonyl (C=O) groups is 1. The maximum absolute atomic E-state index is 13.2. The molecule has 0 saturated heterocycles. The highest BCUT2D eigenvalue weighted by atomic mass is 32.2. The molecule has 0 aliphatic heterocycles. The van der Waals surface area contributed by atoms with Gasteiger partial charge in [-0.2, -0.15) is 0 Å². The first-order chi connectivity index (χ1) is 10.1. The third-order valence-corrected chi connectivity index (χ3v) is 4.09. The van der Waals surface area contributed by atoms with Crippen molar-refractivity contribution in [3.8, 4) is 0 Å². The van der Waals surface area contributed by atoms with Crippen molar-refractivity contribution >= 4 is 23.4 Å². The monoisotopic (exact) mass is 307 g/mol. The van der Waals surface area contributed by atoms with E-state index in [0.29, 0.717) is 16.9 Å². The minimum Gasteiger partial charge on any atom is -0.325 e. The number of halogens is 1. The van der Waals surface area contributed by atoms with Crippen molar-refractivity contribution in [1.82, 2.24) is 20.2 Å². The molecule has 21 heavy (non-hydrogen) atoms. The van der Waals surface area contributed by atoms with E-state index < -0.39 is 0 Å². The molecular weight excluding hydrogens is 293 g/mol. The summed E-state index contributed by atoms with van der Waals surface area (Å²) in [6.07, 6.45) is 2.15. The van der Waals surface area contributed by atoms with Crippen LogP contribution in [0.2, 0.25) is 0 Å². The van der Waals surface area contributed by atoms with Crippen LogP contribution in [-0.2, 0) is 4.79 Å². The van der Waals surface area contributed by atoms with Gasteiger partial charge in [0.2, 0.25) is 11.1 Å². The van der Waals surface area contributed by atoms with E-state index in [2.05, 4.69) is 20.8 Å². The molecule has 1 aromatic heterocycles. The maximum atomic E-state index is 13.2. The van der Waals surface area contributed by atoms with Gasteiger partial charge in [-0.1, -0.05) is 17.8 Å². The van der Waals surface area contributed by atoms with Crippen LogP contribution in [0.3, 0.4) is 0 Å².